The number of aliphatic carboxylic acids is 1. The molecule has 0 saturated heterocycles. The summed E-state index contributed by atoms with van der Waals surface area (Å²) in [6.07, 6.45) is 1.14. The average Bonchev–Trinajstić information content (AvgIpc) is 2.38. The molecule has 0 fully saturated rings. The van der Waals surface area contributed by atoms with E-state index in [9.17, 15) is 9.90 Å². The molecule has 1 aromatic carbocycles. The Labute approximate surface area is 113 Å². The molecule has 0 aliphatic carbocycles. The van der Waals surface area contributed by atoms with Gasteiger partial charge < -0.3 is 5.11 Å². The zero-order chi connectivity index (χ0) is 14.0. The highest BCUT2D eigenvalue weighted by atomic mass is 16.4. The first kappa shape index (κ1) is 13.5. The van der Waals surface area contributed by atoms with Gasteiger partial charge in [-0.05, 0) is 44.4 Å². The van der Waals surface area contributed by atoms with E-state index in [1.165, 1.54) is 0 Å². The number of carboxylic acid groups (broad SMARTS) is 1. The van der Waals surface area contributed by atoms with Gasteiger partial charge in [0.2, 0.25) is 0 Å². The van der Waals surface area contributed by atoms with Gasteiger partial charge in [0.05, 0.1) is 10.9 Å². The molecular weight excluding hydrogens is 238 g/mol. The number of carbonyl (C=O) groups is 1. The fraction of sp³-hybridized carbons (Fsp3) is 0.375. The second kappa shape index (κ2) is 5.00. The fourth-order valence-electron chi connectivity index (χ4n) is 2.31. The van der Waals surface area contributed by atoms with Crippen LogP contribution in [-0.2, 0) is 11.2 Å². The van der Waals surface area contributed by atoms with Crippen molar-refractivity contribution in [2.45, 2.75) is 33.6 Å². The number of aromatic nitrogens is 1. The van der Waals surface area contributed by atoms with Crippen LogP contribution in [0.5, 0.6) is 0 Å². The molecule has 1 atom stereocenters. The average molecular weight is 257 g/mol. The molecule has 1 unspecified atom stereocenters. The Morgan fingerprint density at radius 3 is 2.68 bits per heavy atom. The van der Waals surface area contributed by atoms with Gasteiger partial charge in [-0.15, -0.1) is 0 Å². The smallest absolute Gasteiger partial charge is 0.309 e. The zero-order valence-corrected chi connectivity index (χ0v) is 11.6. The van der Waals surface area contributed by atoms with Crippen LogP contribution in [0.2, 0.25) is 0 Å². The van der Waals surface area contributed by atoms with E-state index in [0.717, 1.165) is 22.2 Å². The Kier molecular flexibility index (Phi) is 3.56. The van der Waals surface area contributed by atoms with Crippen molar-refractivity contribution in [1.29, 1.82) is 0 Å². The number of nitrogens with zero attached hydrogens (tertiary/aromatic N) is 1. The van der Waals surface area contributed by atoms with Crippen LogP contribution >= 0.6 is 0 Å². The minimum atomic E-state index is -0.742. The minimum Gasteiger partial charge on any atom is -0.481 e. The Morgan fingerprint density at radius 2 is 2.05 bits per heavy atom. The fourth-order valence-corrected chi connectivity index (χ4v) is 2.31. The van der Waals surface area contributed by atoms with Crippen molar-refractivity contribution in [1.82, 2.24) is 4.98 Å². The first-order chi connectivity index (χ1) is 8.96. The summed E-state index contributed by atoms with van der Waals surface area (Å²) in [6.45, 7) is 5.67. The van der Waals surface area contributed by atoms with Crippen LogP contribution in [0.4, 0.5) is 0 Å². The quantitative estimate of drug-likeness (QED) is 0.910. The summed E-state index contributed by atoms with van der Waals surface area (Å²) < 4.78 is 0. The molecule has 19 heavy (non-hydrogen) atoms. The summed E-state index contributed by atoms with van der Waals surface area (Å²) in [5.74, 6) is -0.742. The lowest BCUT2D eigenvalue weighted by atomic mass is 9.80. The van der Waals surface area contributed by atoms with Crippen LogP contribution in [0.25, 0.3) is 10.9 Å². The van der Waals surface area contributed by atoms with Crippen molar-refractivity contribution in [3.8, 4) is 0 Å². The summed E-state index contributed by atoms with van der Waals surface area (Å²) in [5.41, 5.74) is 2.20. The van der Waals surface area contributed by atoms with E-state index < -0.39 is 11.4 Å². The molecule has 100 valence electrons. The van der Waals surface area contributed by atoms with Crippen LogP contribution in [0.1, 0.15) is 31.5 Å². The molecule has 3 nitrogen and oxygen atoms in total. The third-order valence-corrected chi connectivity index (χ3v) is 3.81. The number of hydrogen-bond donors (Lipinski definition) is 1. The molecule has 2 rings (SSSR count). The predicted molar refractivity (Wildman–Crippen MR) is 76.2 cm³/mol. The first-order valence-corrected chi connectivity index (χ1v) is 6.55. The van der Waals surface area contributed by atoms with E-state index in [1.807, 2.05) is 44.2 Å². The molecule has 0 bridgehead atoms. The number of hydrogen-bond acceptors (Lipinski definition) is 2. The number of fused-ring (bicyclic) bond motifs is 1. The third-order valence-electron chi connectivity index (χ3n) is 3.81. The van der Waals surface area contributed by atoms with Gasteiger partial charge in [0.25, 0.3) is 0 Å². The van der Waals surface area contributed by atoms with Crippen LogP contribution < -0.4 is 0 Å². The summed E-state index contributed by atoms with van der Waals surface area (Å²) in [5, 5.41) is 10.5. The Morgan fingerprint density at radius 1 is 1.37 bits per heavy atom. The Bertz CT molecular complexity index is 621. The van der Waals surface area contributed by atoms with E-state index in [4.69, 9.17) is 0 Å². The van der Waals surface area contributed by atoms with Crippen molar-refractivity contribution in [2.24, 2.45) is 5.41 Å². The topological polar surface area (TPSA) is 50.2 Å². The summed E-state index contributed by atoms with van der Waals surface area (Å²) >= 11 is 0. The van der Waals surface area contributed by atoms with Gasteiger partial charge in [-0.2, -0.15) is 0 Å². The van der Waals surface area contributed by atoms with E-state index in [-0.39, 0.29) is 0 Å². The lowest BCUT2D eigenvalue weighted by Crippen LogP contribution is -2.29. The van der Waals surface area contributed by atoms with Crippen LogP contribution in [0.3, 0.4) is 0 Å². The highest BCUT2D eigenvalue weighted by Crippen LogP contribution is 2.30. The summed E-state index contributed by atoms with van der Waals surface area (Å²) in [6, 6.07) is 9.89. The van der Waals surface area contributed by atoms with Gasteiger partial charge in [-0.3, -0.25) is 9.78 Å². The molecule has 1 heterocycles. The molecule has 0 amide bonds. The van der Waals surface area contributed by atoms with Crippen LogP contribution in [-0.4, -0.2) is 16.1 Å². The van der Waals surface area contributed by atoms with Gasteiger partial charge in [-0.1, -0.05) is 25.1 Å². The van der Waals surface area contributed by atoms with E-state index >= 15 is 0 Å². The molecule has 0 radical (unpaired) electrons. The third kappa shape index (κ3) is 2.60. The number of aryl methyl sites for hydroxylation is 1. The molecule has 0 saturated carbocycles. The maximum atomic E-state index is 11.5. The van der Waals surface area contributed by atoms with Crippen LogP contribution in [0, 0.1) is 12.3 Å². The number of benzene rings is 1. The SMILES string of the molecule is CCC(C)(Cc1cc(C)nc2ccccc12)C(=O)O. The lowest BCUT2D eigenvalue weighted by molar-refractivity contribution is -0.148. The first-order valence-electron chi connectivity index (χ1n) is 6.55. The standard InChI is InChI=1S/C16H19NO2/c1-4-16(3,15(18)19)10-12-9-11(2)17-14-8-6-5-7-13(12)14/h5-9H,4,10H2,1-3H3,(H,18,19). The van der Waals surface area contributed by atoms with E-state index in [2.05, 4.69) is 4.98 Å². The molecule has 1 N–H and O–H groups in total. The second-order valence-corrected chi connectivity index (χ2v) is 5.34. The second-order valence-electron chi connectivity index (χ2n) is 5.34. The van der Waals surface area contributed by atoms with Gasteiger partial charge in [-0.25, -0.2) is 0 Å². The molecule has 1 aromatic heterocycles. The number of carboxylic acids is 1. The molecule has 0 aliphatic rings. The summed E-state index contributed by atoms with van der Waals surface area (Å²) in [4.78, 5) is 16.0. The van der Waals surface area contributed by atoms with Crippen molar-refractivity contribution in [2.75, 3.05) is 0 Å². The number of para-hydroxylation sites is 1. The Balaban J connectivity index is 2.53. The lowest BCUT2D eigenvalue weighted by Gasteiger charge is -2.23. The zero-order valence-electron chi connectivity index (χ0n) is 11.6. The van der Waals surface area contributed by atoms with Crippen molar-refractivity contribution in [3.05, 3.63) is 41.6 Å². The molecule has 0 spiro atoms. The highest BCUT2D eigenvalue weighted by Gasteiger charge is 2.31. The largest absolute Gasteiger partial charge is 0.481 e. The molecule has 3 heteroatoms. The normalized spacial score (nSPS) is 14.3. The van der Waals surface area contributed by atoms with Crippen molar-refractivity contribution < 1.29 is 9.90 Å². The highest BCUT2D eigenvalue weighted by molar-refractivity contribution is 5.83. The van der Waals surface area contributed by atoms with E-state index in [0.29, 0.717) is 12.8 Å². The van der Waals surface area contributed by atoms with Crippen molar-refractivity contribution >= 4 is 16.9 Å². The number of rotatable bonds is 4. The molecule has 2 aromatic rings. The monoisotopic (exact) mass is 257 g/mol. The van der Waals surface area contributed by atoms with Crippen molar-refractivity contribution in [3.63, 3.8) is 0 Å². The maximum Gasteiger partial charge on any atom is 0.309 e. The number of pyridine rings is 1. The van der Waals surface area contributed by atoms with Gasteiger partial charge in [0.1, 0.15) is 0 Å². The van der Waals surface area contributed by atoms with Gasteiger partial charge in [0, 0.05) is 11.1 Å². The Hall–Kier alpha value is -1.90. The summed E-state index contributed by atoms with van der Waals surface area (Å²) in [7, 11) is 0. The van der Waals surface area contributed by atoms with Gasteiger partial charge >= 0.3 is 5.97 Å². The predicted octanol–water partition coefficient (Wildman–Crippen LogP) is 3.59. The van der Waals surface area contributed by atoms with Crippen LogP contribution in [0.15, 0.2) is 30.3 Å². The molecule has 0 aliphatic heterocycles. The van der Waals surface area contributed by atoms with Gasteiger partial charge in [0.15, 0.2) is 0 Å². The molecular formula is C16H19NO2. The van der Waals surface area contributed by atoms with E-state index in [1.54, 1.807) is 6.92 Å². The maximum absolute atomic E-state index is 11.5. The minimum absolute atomic E-state index is 0.530.